The molecule has 0 atom stereocenters. The van der Waals surface area contributed by atoms with Crippen LogP contribution in [0.2, 0.25) is 0 Å². The van der Waals surface area contributed by atoms with E-state index in [1.165, 1.54) is 0 Å². The Balaban J connectivity index is -0.0000000257. The predicted molar refractivity (Wildman–Crippen MR) is 19.3 cm³/mol. The van der Waals surface area contributed by atoms with Crippen LogP contribution >= 0.6 is 0 Å². The third-order valence-electron chi connectivity index (χ3n) is 0. The molecule has 0 aromatic carbocycles. The van der Waals surface area contributed by atoms with Crippen LogP contribution in [0.15, 0.2) is 0 Å². The number of hydrogen-bond donors (Lipinski definition) is 0. The first-order valence-electron chi connectivity index (χ1n) is 1.41. The second kappa shape index (κ2) is 58.3. The molecule has 10 heavy (non-hydrogen) atoms. The second-order valence-electron chi connectivity index (χ2n) is 0.289. The maximum atomic E-state index is 8.25. The molecule has 50 valence electrons. The van der Waals surface area contributed by atoms with Gasteiger partial charge in [0.15, 0.2) is 0 Å². The Morgan fingerprint density at radius 2 is 0.700 bits per heavy atom. The van der Waals surface area contributed by atoms with Gasteiger partial charge < -0.3 is 0 Å². The van der Waals surface area contributed by atoms with Crippen LogP contribution in [-0.4, -0.2) is 22.1 Å². The van der Waals surface area contributed by atoms with Crippen molar-refractivity contribution in [3.05, 3.63) is 0 Å². The molecular formula is B3O6Pm. The second-order valence-corrected chi connectivity index (χ2v) is 0.289. The van der Waals surface area contributed by atoms with Crippen molar-refractivity contribution >= 4 is 22.1 Å². The van der Waals surface area contributed by atoms with Crippen LogP contribution in [0.25, 0.3) is 0 Å². The van der Waals surface area contributed by atoms with Gasteiger partial charge in [0.25, 0.3) is 0 Å². The molecule has 0 bridgehead atoms. The standard InChI is InChI=1S/3BO2.Pm/c3*2-1-3;/q3*-1;+3. The Bertz CT molecular complexity index is 49.7. The molecule has 0 aliphatic carbocycles. The largest absolute Gasteiger partial charge is 3.00 e. The summed E-state index contributed by atoms with van der Waals surface area (Å²) in [7, 11) is -1.50. The Labute approximate surface area is 91.0 Å². The van der Waals surface area contributed by atoms with Gasteiger partial charge in [0.1, 0.15) is 0 Å². The number of hydrogen-bond acceptors (Lipinski definition) is 6. The zero-order valence-electron chi connectivity index (χ0n) is 4.63. The zero-order valence-corrected chi connectivity index (χ0v) is 7.50. The topological polar surface area (TPSA) is 120 Å². The van der Waals surface area contributed by atoms with Gasteiger partial charge in [-0.2, -0.15) is 0 Å². The third kappa shape index (κ3) is 4050. The minimum Gasteiger partial charge on any atom is 3.00 e. The molecule has 0 saturated heterocycles. The van der Waals surface area contributed by atoms with Crippen molar-refractivity contribution in [3.8, 4) is 0 Å². The first-order chi connectivity index (χ1) is 4.24. The van der Waals surface area contributed by atoms with Gasteiger partial charge in [-0.05, 0) is 0 Å². The maximum Gasteiger partial charge on any atom is 3.00 e. The van der Waals surface area contributed by atoms with Crippen molar-refractivity contribution in [3.63, 3.8) is 0 Å². The fraction of sp³-hybridized carbons (Fsp3) is 0. The first-order valence-corrected chi connectivity index (χ1v) is 1.41. The average molecular weight is 273 g/mol. The molecule has 0 fully saturated rings. The number of rotatable bonds is 0. The van der Waals surface area contributed by atoms with E-state index in [0.29, 0.717) is 0 Å². The summed E-state index contributed by atoms with van der Waals surface area (Å²) in [6, 6.07) is 0. The van der Waals surface area contributed by atoms with Crippen molar-refractivity contribution in [2.24, 2.45) is 0 Å². The van der Waals surface area contributed by atoms with E-state index in [0.717, 1.165) is 0 Å². The average Bonchev–Trinajstić information content (AvgIpc) is 1.70. The molecule has 0 radical (unpaired) electrons. The minimum atomic E-state index is -0.500. The Hall–Kier alpha value is 0.332. The van der Waals surface area contributed by atoms with Gasteiger partial charge in [-0.1, -0.05) is 0 Å². The van der Waals surface area contributed by atoms with Gasteiger partial charge in [-0.15, -0.1) is 0 Å². The molecule has 0 rings (SSSR count). The molecule has 0 unspecified atom stereocenters. The zero-order chi connectivity index (χ0) is 8.12. The van der Waals surface area contributed by atoms with Gasteiger partial charge in [0.05, 0.1) is 0 Å². The van der Waals surface area contributed by atoms with Gasteiger partial charge in [0.2, 0.25) is 0 Å². The van der Waals surface area contributed by atoms with Crippen molar-refractivity contribution < 1.29 is 69.6 Å². The summed E-state index contributed by atoms with van der Waals surface area (Å²) in [6.07, 6.45) is 0. The summed E-state index contributed by atoms with van der Waals surface area (Å²) in [5, 5.41) is 24.8. The van der Waals surface area contributed by atoms with Gasteiger partial charge in [-0.25, -0.2) is 0 Å². The van der Waals surface area contributed by atoms with Crippen molar-refractivity contribution in [2.75, 3.05) is 0 Å². The summed E-state index contributed by atoms with van der Waals surface area (Å²) < 4.78 is 24.8. The fourth-order valence-electron chi connectivity index (χ4n) is 0. The van der Waals surface area contributed by atoms with E-state index in [9.17, 15) is 0 Å². The Kier molecular flexibility index (Phi) is 131. The van der Waals surface area contributed by atoms with Gasteiger partial charge >= 0.3 is 91.6 Å². The van der Waals surface area contributed by atoms with Crippen LogP contribution in [-0.2, 0) is 14.1 Å². The first kappa shape index (κ1) is 22.4. The van der Waals surface area contributed by atoms with E-state index >= 15 is 0 Å². The van der Waals surface area contributed by atoms with E-state index < -0.39 is 22.1 Å². The van der Waals surface area contributed by atoms with Crippen molar-refractivity contribution in [2.45, 2.75) is 0 Å². The molecule has 0 saturated carbocycles. The van der Waals surface area contributed by atoms with E-state index in [1.807, 2.05) is 0 Å². The Morgan fingerprint density at radius 3 is 0.700 bits per heavy atom. The van der Waals surface area contributed by atoms with Crippen molar-refractivity contribution in [1.82, 2.24) is 0 Å². The van der Waals surface area contributed by atoms with Crippen LogP contribution in [0.1, 0.15) is 0 Å². The maximum absolute atomic E-state index is 8.25. The smallest absolute Gasteiger partial charge is 3.00 e. The van der Waals surface area contributed by atoms with E-state index in [2.05, 4.69) is 0 Å². The molecule has 10 heteroatoms. The summed E-state index contributed by atoms with van der Waals surface area (Å²) in [5.41, 5.74) is 0. The van der Waals surface area contributed by atoms with Gasteiger partial charge in [-0.3, -0.25) is 0 Å². The molecule has 0 aromatic heterocycles. The van der Waals surface area contributed by atoms with E-state index in [-0.39, 0.29) is 40.4 Å². The van der Waals surface area contributed by atoms with E-state index in [4.69, 9.17) is 29.2 Å². The summed E-state index contributed by atoms with van der Waals surface area (Å²) in [5.74, 6) is 0. The van der Waals surface area contributed by atoms with Crippen LogP contribution in [0.5, 0.6) is 0 Å². The van der Waals surface area contributed by atoms with Gasteiger partial charge in [0, 0.05) is 0 Å². The quantitative estimate of drug-likeness (QED) is 0.407. The Morgan fingerprint density at radius 1 is 0.700 bits per heavy atom. The fourth-order valence-corrected chi connectivity index (χ4v) is 0. The van der Waals surface area contributed by atoms with Crippen LogP contribution in [0.3, 0.4) is 0 Å². The van der Waals surface area contributed by atoms with Crippen LogP contribution < -0.4 is 15.1 Å². The van der Waals surface area contributed by atoms with Crippen molar-refractivity contribution in [1.29, 1.82) is 0 Å². The molecule has 0 spiro atoms. The molecule has 0 aliphatic rings. The third-order valence-corrected chi connectivity index (χ3v) is 0. The molecular weight excluding hydrogens is 273 g/mol. The predicted octanol–water partition coefficient (Wildman–Crippen LogP) is -5.07. The van der Waals surface area contributed by atoms with Crippen LogP contribution in [0.4, 0.5) is 0 Å². The molecule has 0 aliphatic heterocycles. The summed E-state index contributed by atoms with van der Waals surface area (Å²) in [4.78, 5) is 0. The normalized spacial score (nSPS) is 2.40. The molecule has 6 nitrogen and oxygen atoms in total. The minimum absolute atomic E-state index is 0. The molecule has 0 amide bonds. The summed E-state index contributed by atoms with van der Waals surface area (Å²) in [6.45, 7) is 0. The monoisotopic (exact) mass is 274 g/mol. The summed E-state index contributed by atoms with van der Waals surface area (Å²) >= 11 is 0. The molecule has 0 aromatic rings. The van der Waals surface area contributed by atoms with E-state index in [1.54, 1.807) is 0 Å². The van der Waals surface area contributed by atoms with Crippen LogP contribution in [0, 0.1) is 40.4 Å². The SMILES string of the molecule is O=B[O-].O=B[O-].O=B[O-].[Pm+3]. The molecule has 0 heterocycles. The molecule has 0 N–H and O–H groups in total.